The lowest BCUT2D eigenvalue weighted by Gasteiger charge is -2.25. The molecule has 0 radical (unpaired) electrons. The summed E-state index contributed by atoms with van der Waals surface area (Å²) in [5, 5.41) is 3.84. The fourth-order valence-corrected chi connectivity index (χ4v) is 5.55. The number of aromatic nitrogens is 1. The molecule has 1 aromatic heterocycles. The number of amides is 1. The molecule has 1 N–H and O–H groups in total. The van der Waals surface area contributed by atoms with Crippen LogP contribution in [0.5, 0.6) is 0 Å². The van der Waals surface area contributed by atoms with Gasteiger partial charge in [-0.25, -0.2) is 13.4 Å². The van der Waals surface area contributed by atoms with Crippen molar-refractivity contribution in [3.63, 3.8) is 0 Å². The SMILES string of the molecule is CCc1nc(C)c(C(=O)NCc2ccc(S(=O)(=O)N3CCCCC3)cc2)s1. The molecule has 27 heavy (non-hydrogen) atoms. The number of benzene rings is 1. The highest BCUT2D eigenvalue weighted by Crippen LogP contribution is 2.21. The van der Waals surface area contributed by atoms with Crippen LogP contribution in [0.3, 0.4) is 0 Å². The fourth-order valence-electron chi connectivity index (χ4n) is 3.11. The molecule has 0 aliphatic carbocycles. The Morgan fingerprint density at radius 3 is 2.44 bits per heavy atom. The molecule has 8 heteroatoms. The van der Waals surface area contributed by atoms with Gasteiger partial charge in [-0.15, -0.1) is 11.3 Å². The van der Waals surface area contributed by atoms with E-state index < -0.39 is 10.0 Å². The van der Waals surface area contributed by atoms with E-state index in [2.05, 4.69) is 10.3 Å². The van der Waals surface area contributed by atoms with Crippen LogP contribution in [-0.2, 0) is 23.0 Å². The van der Waals surface area contributed by atoms with E-state index in [9.17, 15) is 13.2 Å². The number of thiazole rings is 1. The lowest BCUT2D eigenvalue weighted by Crippen LogP contribution is -2.35. The minimum absolute atomic E-state index is 0.144. The third-order valence-electron chi connectivity index (χ3n) is 4.68. The van der Waals surface area contributed by atoms with E-state index in [0.29, 0.717) is 29.4 Å². The average molecular weight is 408 g/mol. The lowest BCUT2D eigenvalue weighted by molar-refractivity contribution is 0.0954. The van der Waals surface area contributed by atoms with Gasteiger partial charge in [0.1, 0.15) is 4.88 Å². The second-order valence-corrected chi connectivity index (χ2v) is 9.69. The van der Waals surface area contributed by atoms with Crippen LogP contribution < -0.4 is 5.32 Å². The Hall–Kier alpha value is -1.77. The highest BCUT2D eigenvalue weighted by atomic mass is 32.2. The third-order valence-corrected chi connectivity index (χ3v) is 7.89. The maximum Gasteiger partial charge on any atom is 0.263 e. The summed E-state index contributed by atoms with van der Waals surface area (Å²) >= 11 is 1.42. The average Bonchev–Trinajstić information content (AvgIpc) is 3.08. The summed E-state index contributed by atoms with van der Waals surface area (Å²) in [7, 11) is -3.42. The summed E-state index contributed by atoms with van der Waals surface area (Å²) in [4.78, 5) is 17.7. The Kier molecular flexibility index (Phi) is 6.29. The smallest absolute Gasteiger partial charge is 0.263 e. The Morgan fingerprint density at radius 2 is 1.85 bits per heavy atom. The Bertz CT molecular complexity index is 899. The molecular weight excluding hydrogens is 382 g/mol. The van der Waals surface area contributed by atoms with Crippen molar-refractivity contribution in [2.75, 3.05) is 13.1 Å². The molecule has 1 aliphatic heterocycles. The van der Waals surface area contributed by atoms with E-state index in [1.165, 1.54) is 11.3 Å². The molecule has 2 heterocycles. The van der Waals surface area contributed by atoms with Crippen LogP contribution in [-0.4, -0.2) is 36.7 Å². The molecule has 0 bridgehead atoms. The molecule has 1 aromatic carbocycles. The van der Waals surface area contributed by atoms with Crippen LogP contribution in [0.25, 0.3) is 0 Å². The molecule has 0 atom stereocenters. The first-order valence-corrected chi connectivity index (χ1v) is 11.5. The zero-order valence-corrected chi connectivity index (χ0v) is 17.3. The highest BCUT2D eigenvalue weighted by molar-refractivity contribution is 7.89. The summed E-state index contributed by atoms with van der Waals surface area (Å²) in [6.07, 6.45) is 3.73. The van der Waals surface area contributed by atoms with E-state index in [4.69, 9.17) is 0 Å². The van der Waals surface area contributed by atoms with Gasteiger partial charge in [0.2, 0.25) is 10.0 Å². The van der Waals surface area contributed by atoms with Crippen molar-refractivity contribution in [2.45, 2.75) is 51.0 Å². The second kappa shape index (κ2) is 8.50. The van der Waals surface area contributed by atoms with E-state index in [-0.39, 0.29) is 5.91 Å². The zero-order chi connectivity index (χ0) is 19.4. The zero-order valence-electron chi connectivity index (χ0n) is 15.7. The molecule has 1 fully saturated rings. The Balaban J connectivity index is 1.63. The minimum Gasteiger partial charge on any atom is -0.347 e. The van der Waals surface area contributed by atoms with Crippen LogP contribution in [0.1, 0.15) is 52.1 Å². The molecule has 0 saturated carbocycles. The van der Waals surface area contributed by atoms with E-state index in [1.54, 1.807) is 28.6 Å². The van der Waals surface area contributed by atoms with Crippen LogP contribution in [0.4, 0.5) is 0 Å². The van der Waals surface area contributed by atoms with Crippen molar-refractivity contribution in [3.8, 4) is 0 Å². The van der Waals surface area contributed by atoms with Gasteiger partial charge in [0.05, 0.1) is 15.6 Å². The van der Waals surface area contributed by atoms with E-state index >= 15 is 0 Å². The largest absolute Gasteiger partial charge is 0.347 e. The number of hydrogen-bond donors (Lipinski definition) is 1. The van der Waals surface area contributed by atoms with Crippen molar-refractivity contribution >= 4 is 27.3 Å². The van der Waals surface area contributed by atoms with Gasteiger partial charge in [-0.3, -0.25) is 4.79 Å². The molecule has 1 saturated heterocycles. The van der Waals surface area contributed by atoms with Gasteiger partial charge in [-0.1, -0.05) is 25.5 Å². The topological polar surface area (TPSA) is 79.4 Å². The highest BCUT2D eigenvalue weighted by Gasteiger charge is 2.25. The second-order valence-electron chi connectivity index (χ2n) is 6.67. The number of carbonyl (C=O) groups excluding carboxylic acids is 1. The molecule has 1 amide bonds. The monoisotopic (exact) mass is 407 g/mol. The Morgan fingerprint density at radius 1 is 1.19 bits per heavy atom. The standard InChI is InChI=1S/C19H25N3O3S2/c1-3-17-21-14(2)18(26-17)19(23)20-13-15-7-9-16(10-8-15)27(24,25)22-11-5-4-6-12-22/h7-10H,3-6,11-13H2,1-2H3,(H,20,23). The summed E-state index contributed by atoms with van der Waals surface area (Å²) in [5.41, 5.74) is 1.61. The van der Waals surface area contributed by atoms with Gasteiger partial charge in [-0.2, -0.15) is 4.31 Å². The first-order valence-electron chi connectivity index (χ1n) is 9.25. The third kappa shape index (κ3) is 4.56. The molecular formula is C19H25N3O3S2. The summed E-state index contributed by atoms with van der Waals surface area (Å²) in [5.74, 6) is -0.144. The number of hydrogen-bond acceptors (Lipinski definition) is 5. The molecule has 2 aromatic rings. The van der Waals surface area contributed by atoms with E-state index in [1.807, 2.05) is 13.8 Å². The first kappa shape index (κ1) is 20.0. The minimum atomic E-state index is -3.42. The van der Waals surface area contributed by atoms with Crippen molar-refractivity contribution in [3.05, 3.63) is 45.4 Å². The normalized spacial score (nSPS) is 15.6. The van der Waals surface area contributed by atoms with Crippen LogP contribution >= 0.6 is 11.3 Å². The van der Waals surface area contributed by atoms with Crippen molar-refractivity contribution in [2.24, 2.45) is 0 Å². The fraction of sp³-hybridized carbons (Fsp3) is 0.474. The predicted molar refractivity (Wildman–Crippen MR) is 106 cm³/mol. The molecule has 1 aliphatic rings. The molecule has 0 unspecified atom stereocenters. The summed E-state index contributed by atoms with van der Waals surface area (Å²) in [6.45, 7) is 5.38. The van der Waals surface area contributed by atoms with Crippen LogP contribution in [0, 0.1) is 6.92 Å². The number of aryl methyl sites for hydroxylation is 2. The number of nitrogens with one attached hydrogen (secondary N) is 1. The van der Waals surface area contributed by atoms with Gasteiger partial charge >= 0.3 is 0 Å². The predicted octanol–water partition coefficient (Wildman–Crippen LogP) is 3.12. The van der Waals surface area contributed by atoms with Gasteiger partial charge in [-0.05, 0) is 43.9 Å². The maximum absolute atomic E-state index is 12.7. The van der Waals surface area contributed by atoms with Crippen LogP contribution in [0.15, 0.2) is 29.2 Å². The maximum atomic E-state index is 12.7. The van der Waals surface area contributed by atoms with Crippen molar-refractivity contribution in [1.29, 1.82) is 0 Å². The molecule has 0 spiro atoms. The molecule has 3 rings (SSSR count). The quantitative estimate of drug-likeness (QED) is 0.798. The summed E-state index contributed by atoms with van der Waals surface area (Å²) in [6, 6.07) is 6.76. The van der Waals surface area contributed by atoms with E-state index in [0.717, 1.165) is 41.9 Å². The number of piperidine rings is 1. The van der Waals surface area contributed by atoms with Gasteiger partial charge in [0, 0.05) is 19.6 Å². The molecule has 6 nitrogen and oxygen atoms in total. The van der Waals surface area contributed by atoms with Gasteiger partial charge in [0.15, 0.2) is 0 Å². The first-order chi connectivity index (χ1) is 12.9. The van der Waals surface area contributed by atoms with Crippen LogP contribution in [0.2, 0.25) is 0 Å². The summed E-state index contributed by atoms with van der Waals surface area (Å²) < 4.78 is 26.9. The Labute approximate surface area is 164 Å². The molecule has 146 valence electrons. The number of sulfonamides is 1. The number of rotatable bonds is 6. The van der Waals surface area contributed by atoms with Crippen molar-refractivity contribution < 1.29 is 13.2 Å². The van der Waals surface area contributed by atoms with Gasteiger partial charge < -0.3 is 5.32 Å². The number of carbonyl (C=O) groups is 1. The van der Waals surface area contributed by atoms with Gasteiger partial charge in [0.25, 0.3) is 5.91 Å². The van der Waals surface area contributed by atoms with Crippen molar-refractivity contribution in [1.82, 2.24) is 14.6 Å². The lowest BCUT2D eigenvalue weighted by atomic mass is 10.2. The number of nitrogens with zero attached hydrogens (tertiary/aromatic N) is 2.